The normalized spacial score (nSPS) is 17.3. The first-order valence-electron chi connectivity index (χ1n) is 15.4. The molecule has 2 aliphatic rings. The van der Waals surface area contributed by atoms with Gasteiger partial charge < -0.3 is 15.1 Å². The number of benzene rings is 4. The number of nitrogens with one attached hydrogen (secondary N) is 2. The minimum Gasteiger partial charge on any atom is -0.341 e. The van der Waals surface area contributed by atoms with E-state index in [1.165, 1.54) is 6.07 Å². The molecule has 2 aliphatic heterocycles. The van der Waals surface area contributed by atoms with E-state index < -0.39 is 16.1 Å². The predicted molar refractivity (Wildman–Crippen MR) is 179 cm³/mol. The van der Waals surface area contributed by atoms with Gasteiger partial charge in [0.1, 0.15) is 6.04 Å². The van der Waals surface area contributed by atoms with Gasteiger partial charge in [0.15, 0.2) is 0 Å². The van der Waals surface area contributed by atoms with Crippen LogP contribution in [-0.2, 0) is 14.8 Å². The Bertz CT molecular complexity index is 1910. The van der Waals surface area contributed by atoms with Crippen molar-refractivity contribution in [3.8, 4) is 0 Å². The van der Waals surface area contributed by atoms with Crippen LogP contribution >= 0.6 is 11.6 Å². The van der Waals surface area contributed by atoms with Gasteiger partial charge in [-0.3, -0.25) is 14.4 Å². The van der Waals surface area contributed by atoms with E-state index in [0.29, 0.717) is 71.5 Å². The quantitative estimate of drug-likeness (QED) is 0.267. The number of likely N-dealkylation sites (tertiary alicyclic amines) is 2. The van der Waals surface area contributed by atoms with Crippen molar-refractivity contribution in [3.05, 3.63) is 107 Å². The molecule has 0 bridgehead atoms. The van der Waals surface area contributed by atoms with E-state index in [9.17, 15) is 22.8 Å². The Hall–Kier alpha value is -4.25. The number of hydrogen-bond acceptors (Lipinski definition) is 5. The van der Waals surface area contributed by atoms with Gasteiger partial charge in [-0.2, -0.15) is 0 Å². The van der Waals surface area contributed by atoms with Crippen LogP contribution in [0.5, 0.6) is 0 Å². The number of piperidine rings is 1. The lowest BCUT2D eigenvalue weighted by atomic mass is 10.0. The molecule has 9 nitrogen and oxygen atoms in total. The van der Waals surface area contributed by atoms with Crippen LogP contribution in [-0.4, -0.2) is 67.7 Å². The van der Waals surface area contributed by atoms with Gasteiger partial charge in [-0.15, -0.1) is 0 Å². The average Bonchev–Trinajstić information content (AvgIpc) is 3.55. The van der Waals surface area contributed by atoms with Gasteiger partial charge in [0.25, 0.3) is 11.8 Å². The van der Waals surface area contributed by atoms with Crippen molar-refractivity contribution in [1.82, 2.24) is 14.5 Å². The fourth-order valence-corrected chi connectivity index (χ4v) is 8.01. The Morgan fingerprint density at radius 1 is 0.804 bits per heavy atom. The highest BCUT2D eigenvalue weighted by molar-refractivity contribution is 7.89. The monoisotopic (exact) mass is 658 g/mol. The largest absolute Gasteiger partial charge is 0.341 e. The van der Waals surface area contributed by atoms with Gasteiger partial charge in [-0.25, -0.2) is 13.1 Å². The van der Waals surface area contributed by atoms with Crippen LogP contribution in [0.1, 0.15) is 52.0 Å². The number of anilines is 1. The van der Waals surface area contributed by atoms with Gasteiger partial charge in [-0.05, 0) is 80.6 Å². The maximum absolute atomic E-state index is 13.7. The zero-order valence-electron chi connectivity index (χ0n) is 25.4. The van der Waals surface area contributed by atoms with Crippen LogP contribution < -0.4 is 10.0 Å². The first kappa shape index (κ1) is 31.7. The molecule has 11 heteroatoms. The van der Waals surface area contributed by atoms with E-state index in [4.69, 9.17) is 11.6 Å². The summed E-state index contributed by atoms with van der Waals surface area (Å²) < 4.78 is 30.2. The third-order valence-electron chi connectivity index (χ3n) is 8.83. The summed E-state index contributed by atoms with van der Waals surface area (Å²) in [6.45, 7) is 3.14. The second kappa shape index (κ2) is 13.2. The minimum atomic E-state index is -3.93. The van der Waals surface area contributed by atoms with Crippen LogP contribution in [0, 0.1) is 6.92 Å². The van der Waals surface area contributed by atoms with Crippen LogP contribution in [0.2, 0.25) is 5.02 Å². The van der Waals surface area contributed by atoms with Gasteiger partial charge in [0.2, 0.25) is 15.9 Å². The molecule has 3 amide bonds. The molecule has 2 fully saturated rings. The molecule has 0 spiro atoms. The summed E-state index contributed by atoms with van der Waals surface area (Å²) in [5.41, 5.74) is 2.40. The number of nitrogens with zero attached hydrogens (tertiary/aromatic N) is 2. The third kappa shape index (κ3) is 6.51. The first-order chi connectivity index (χ1) is 22.1. The molecule has 4 aromatic rings. The Morgan fingerprint density at radius 2 is 1.48 bits per heavy atom. The molecule has 46 heavy (non-hydrogen) atoms. The molecular formula is C35H35ClN4O5S. The van der Waals surface area contributed by atoms with Gasteiger partial charge >= 0.3 is 0 Å². The van der Waals surface area contributed by atoms with Crippen LogP contribution in [0.15, 0.2) is 89.8 Å². The van der Waals surface area contributed by atoms with E-state index in [1.807, 2.05) is 19.1 Å². The van der Waals surface area contributed by atoms with E-state index >= 15 is 0 Å². The molecular weight excluding hydrogens is 624 g/mol. The maximum atomic E-state index is 13.7. The fourth-order valence-electron chi connectivity index (χ4n) is 6.37. The van der Waals surface area contributed by atoms with Crippen molar-refractivity contribution in [3.63, 3.8) is 0 Å². The lowest BCUT2D eigenvalue weighted by Crippen LogP contribution is -2.52. The number of hydrogen-bond donors (Lipinski definition) is 2. The van der Waals surface area contributed by atoms with Crippen molar-refractivity contribution in [2.75, 3.05) is 25.0 Å². The molecule has 2 N–H and O–H groups in total. The summed E-state index contributed by atoms with van der Waals surface area (Å²) in [7, 11) is -3.93. The molecule has 0 radical (unpaired) electrons. The molecule has 6 rings (SSSR count). The summed E-state index contributed by atoms with van der Waals surface area (Å²) in [5, 5.41) is 4.59. The summed E-state index contributed by atoms with van der Waals surface area (Å²) in [5.74, 6) is -0.563. The summed E-state index contributed by atoms with van der Waals surface area (Å²) in [6, 6.07) is 23.3. The van der Waals surface area contributed by atoms with Crippen molar-refractivity contribution in [1.29, 1.82) is 0 Å². The summed E-state index contributed by atoms with van der Waals surface area (Å²) in [6.07, 6.45) is 2.24. The number of carbonyl (C=O) groups excluding carboxylic acids is 3. The highest BCUT2D eigenvalue weighted by Gasteiger charge is 2.38. The maximum Gasteiger partial charge on any atom is 0.255 e. The van der Waals surface area contributed by atoms with Crippen molar-refractivity contribution >= 4 is 55.8 Å². The molecule has 238 valence electrons. The zero-order valence-corrected chi connectivity index (χ0v) is 27.0. The number of carbonyl (C=O) groups is 3. The first-order valence-corrected chi connectivity index (χ1v) is 17.2. The molecule has 0 aliphatic carbocycles. The number of halogens is 1. The number of amides is 3. The molecule has 1 atom stereocenters. The van der Waals surface area contributed by atoms with Crippen LogP contribution in [0.4, 0.5) is 5.69 Å². The lowest BCUT2D eigenvalue weighted by molar-refractivity contribution is -0.136. The second-order valence-corrected chi connectivity index (χ2v) is 13.9. The summed E-state index contributed by atoms with van der Waals surface area (Å²) in [4.78, 5) is 43.2. The zero-order chi connectivity index (χ0) is 32.4. The van der Waals surface area contributed by atoms with E-state index in [0.717, 1.165) is 12.0 Å². The van der Waals surface area contributed by atoms with Gasteiger partial charge in [0.05, 0.1) is 4.90 Å². The van der Waals surface area contributed by atoms with E-state index in [-0.39, 0.29) is 28.7 Å². The van der Waals surface area contributed by atoms with Crippen LogP contribution in [0.25, 0.3) is 10.8 Å². The Morgan fingerprint density at radius 3 is 2.20 bits per heavy atom. The Labute approximate surface area is 273 Å². The van der Waals surface area contributed by atoms with Crippen molar-refractivity contribution < 1.29 is 22.8 Å². The number of rotatable bonds is 7. The van der Waals surface area contributed by atoms with Gasteiger partial charge in [-0.1, -0.05) is 54.1 Å². The molecule has 0 unspecified atom stereocenters. The fraction of sp³-hybridized carbons (Fsp3) is 0.286. The number of aryl methyl sites for hydroxylation is 1. The predicted octanol–water partition coefficient (Wildman–Crippen LogP) is 5.63. The minimum absolute atomic E-state index is 0.101. The molecule has 2 saturated heterocycles. The molecule has 2 heterocycles. The van der Waals surface area contributed by atoms with E-state index in [1.54, 1.807) is 76.5 Å². The Kier molecular flexibility index (Phi) is 9.13. The molecule has 0 saturated carbocycles. The highest BCUT2D eigenvalue weighted by atomic mass is 35.5. The highest BCUT2D eigenvalue weighted by Crippen LogP contribution is 2.31. The van der Waals surface area contributed by atoms with Crippen molar-refractivity contribution in [2.45, 2.75) is 49.6 Å². The third-order valence-corrected chi connectivity index (χ3v) is 10.7. The second-order valence-electron chi connectivity index (χ2n) is 11.8. The van der Waals surface area contributed by atoms with Gasteiger partial charge in [0, 0.05) is 58.3 Å². The average molecular weight is 659 g/mol. The number of sulfonamides is 1. The van der Waals surface area contributed by atoms with Crippen molar-refractivity contribution in [2.24, 2.45) is 0 Å². The standard InChI is InChI=1S/C35H35ClN4O5S/c1-23-7-2-3-8-27(23)33(41)37-30-16-17-32(29-10-5-4-9-28(29)30)46(44,45)38-26-18-21-39(22-19-26)35(43)31-11-6-20-40(31)34(42)24-12-14-25(36)15-13-24/h2-5,7-10,12-17,26,31,38H,6,11,18-22H2,1H3,(H,37,41)/t31-/m0/s1. The molecule has 4 aromatic carbocycles. The SMILES string of the molecule is Cc1ccccc1C(=O)Nc1ccc(S(=O)(=O)NC2CCN(C(=O)[C@@H]3CCCN3C(=O)c3ccc(Cl)cc3)CC2)c2ccccc12. The lowest BCUT2D eigenvalue weighted by Gasteiger charge is -2.35. The topological polar surface area (TPSA) is 116 Å². The Balaban J connectivity index is 1.11. The smallest absolute Gasteiger partial charge is 0.255 e. The molecule has 0 aromatic heterocycles. The number of fused-ring (bicyclic) bond motifs is 1. The summed E-state index contributed by atoms with van der Waals surface area (Å²) >= 11 is 5.97. The van der Waals surface area contributed by atoms with E-state index in [2.05, 4.69) is 10.0 Å². The van der Waals surface area contributed by atoms with Crippen LogP contribution in [0.3, 0.4) is 0 Å².